The van der Waals surface area contributed by atoms with Crippen LogP contribution in [0.1, 0.15) is 6.92 Å². The topological polar surface area (TPSA) is 186 Å². The van der Waals surface area contributed by atoms with Crippen molar-refractivity contribution in [1.29, 1.82) is 0 Å². The molecule has 12 nitrogen and oxygen atoms in total. The quantitative estimate of drug-likeness (QED) is 0.451. The Bertz CT molecular complexity index is 451. The molecule has 16 heteroatoms. The van der Waals surface area contributed by atoms with Crippen LogP contribution < -0.4 is 0 Å². The van der Waals surface area contributed by atoms with Gasteiger partial charge in [-0.25, -0.2) is 18.0 Å². The molecule has 0 saturated carbocycles. The zero-order valence-corrected chi connectivity index (χ0v) is 13.1. The van der Waals surface area contributed by atoms with E-state index >= 15 is 0 Å². The van der Waals surface area contributed by atoms with E-state index in [0.717, 1.165) is 6.92 Å². The minimum absolute atomic E-state index is 0.589. The average molecular weight is 364 g/mol. The second kappa shape index (κ2) is 6.58. The Morgan fingerprint density at radius 2 is 1.16 bits per heavy atom. The summed E-state index contributed by atoms with van der Waals surface area (Å²) in [6.45, 7) is 1.13. The van der Waals surface area contributed by atoms with Crippen LogP contribution in [-0.4, -0.2) is 32.8 Å². The second-order valence-electron chi connectivity index (χ2n) is 2.79. The summed E-state index contributed by atoms with van der Waals surface area (Å²) in [6, 6.07) is 0. The highest BCUT2D eigenvalue weighted by atomic mass is 31.3. The highest BCUT2D eigenvalue weighted by molar-refractivity contribution is 7.70. The van der Waals surface area contributed by atoms with Crippen molar-refractivity contribution in [3.05, 3.63) is 0 Å². The smallest absolute Gasteiger partial charge is 0.324 e. The number of phosphoric acid groups is 3. The van der Waals surface area contributed by atoms with E-state index in [1.807, 2.05) is 0 Å². The molecule has 4 unspecified atom stereocenters. The van der Waals surface area contributed by atoms with Gasteiger partial charge >= 0.3 is 31.1 Å². The molecular weight excluding hydrogens is 352 g/mol. The van der Waals surface area contributed by atoms with E-state index in [9.17, 15) is 18.3 Å². The fraction of sp³-hybridized carbons (Fsp3) is 1.00. The molecule has 0 aromatic rings. The SMILES string of the molecule is CCP(=O)(O)OP(=O)(O)OP(=O)(O)OP(=O)(O)OC. The van der Waals surface area contributed by atoms with E-state index in [0.29, 0.717) is 7.11 Å². The normalized spacial score (nSPS) is 24.7. The number of hydrogen-bond acceptors (Lipinski definition) is 8. The zero-order valence-electron chi connectivity index (χ0n) is 9.55. The Labute approximate surface area is 107 Å². The molecule has 4 atom stereocenters. The third-order valence-corrected chi connectivity index (χ3v) is 7.68. The first-order valence-corrected chi connectivity index (χ1v) is 10.5. The molecule has 4 N–H and O–H groups in total. The Morgan fingerprint density at radius 3 is 1.53 bits per heavy atom. The van der Waals surface area contributed by atoms with Gasteiger partial charge in [-0.3, -0.25) is 9.09 Å². The predicted octanol–water partition coefficient (Wildman–Crippen LogP) is 1.19. The van der Waals surface area contributed by atoms with Crippen LogP contribution in [0.3, 0.4) is 0 Å². The van der Waals surface area contributed by atoms with Gasteiger partial charge in [0.1, 0.15) is 0 Å². The van der Waals surface area contributed by atoms with Crippen molar-refractivity contribution < 1.29 is 55.3 Å². The van der Waals surface area contributed by atoms with Crippen molar-refractivity contribution >= 4 is 31.1 Å². The molecule has 19 heavy (non-hydrogen) atoms. The molecule has 0 aliphatic carbocycles. The molecule has 0 heterocycles. The van der Waals surface area contributed by atoms with Gasteiger partial charge in [0.25, 0.3) is 0 Å². The molecule has 0 spiro atoms. The number of hydrogen-bond donors (Lipinski definition) is 4. The van der Waals surface area contributed by atoms with Crippen LogP contribution in [0.2, 0.25) is 0 Å². The van der Waals surface area contributed by atoms with E-state index < -0.39 is 37.2 Å². The molecule has 0 aromatic carbocycles. The maximum absolute atomic E-state index is 11.1. The van der Waals surface area contributed by atoms with Crippen LogP contribution in [0.25, 0.3) is 0 Å². The third-order valence-electron chi connectivity index (χ3n) is 1.27. The van der Waals surface area contributed by atoms with Crippen LogP contribution in [0.4, 0.5) is 0 Å². The molecule has 0 fully saturated rings. The Morgan fingerprint density at radius 1 is 0.789 bits per heavy atom. The van der Waals surface area contributed by atoms with Crippen LogP contribution in [0, 0.1) is 0 Å². The van der Waals surface area contributed by atoms with Gasteiger partial charge in [0.15, 0.2) is 0 Å². The summed E-state index contributed by atoms with van der Waals surface area (Å²) in [4.78, 5) is 35.5. The summed E-state index contributed by atoms with van der Waals surface area (Å²) in [5, 5.41) is 0. The van der Waals surface area contributed by atoms with Crippen LogP contribution >= 0.6 is 31.1 Å². The summed E-state index contributed by atoms with van der Waals surface area (Å²) in [7, 11) is -19.9. The summed E-state index contributed by atoms with van der Waals surface area (Å²) < 4.78 is 58.6. The van der Waals surface area contributed by atoms with Crippen LogP contribution in [0.5, 0.6) is 0 Å². The Kier molecular flexibility index (Phi) is 6.78. The fourth-order valence-corrected chi connectivity index (χ4v) is 5.42. The standard InChI is InChI=1S/C3H12O12P4/c1-3-16(4,5)13-18(8,9)15-19(10,11)14-17(6,7)12-2/h3H2,1-2H3,(H,4,5)(H,6,7)(H,8,9)(H,10,11). The summed E-state index contributed by atoms with van der Waals surface area (Å²) in [6.07, 6.45) is -0.589. The lowest BCUT2D eigenvalue weighted by Crippen LogP contribution is -1.97. The zero-order chi connectivity index (χ0) is 15.5. The second-order valence-corrected chi connectivity index (χ2v) is 9.83. The first kappa shape index (κ1) is 19.6. The summed E-state index contributed by atoms with van der Waals surface area (Å²) in [5.41, 5.74) is 0. The van der Waals surface area contributed by atoms with Crippen molar-refractivity contribution in [3.63, 3.8) is 0 Å². The fourth-order valence-electron chi connectivity index (χ4n) is 0.543. The Balaban J connectivity index is 4.93. The van der Waals surface area contributed by atoms with Crippen LogP contribution in [0.15, 0.2) is 0 Å². The number of phosphoric ester groups is 1. The van der Waals surface area contributed by atoms with E-state index in [2.05, 4.69) is 17.5 Å². The monoisotopic (exact) mass is 364 g/mol. The largest absolute Gasteiger partial charge is 0.490 e. The van der Waals surface area contributed by atoms with Gasteiger partial charge in [0.05, 0.1) is 0 Å². The summed E-state index contributed by atoms with van der Waals surface area (Å²) in [5.74, 6) is 0. The molecule has 0 radical (unpaired) electrons. The van der Waals surface area contributed by atoms with Gasteiger partial charge < -0.3 is 19.6 Å². The number of rotatable bonds is 8. The Hall–Kier alpha value is 0.600. The third kappa shape index (κ3) is 8.47. The predicted molar refractivity (Wildman–Crippen MR) is 60.1 cm³/mol. The molecule has 0 aliphatic heterocycles. The van der Waals surface area contributed by atoms with Crippen molar-refractivity contribution in [2.24, 2.45) is 0 Å². The van der Waals surface area contributed by atoms with Crippen molar-refractivity contribution in [2.75, 3.05) is 13.3 Å². The molecular formula is C3H12O12P4. The average Bonchev–Trinajstić information content (AvgIpc) is 2.12. The molecule has 0 aromatic heterocycles. The first-order chi connectivity index (χ1) is 8.24. The van der Waals surface area contributed by atoms with Gasteiger partial charge in [-0.15, -0.1) is 0 Å². The van der Waals surface area contributed by atoms with Gasteiger partial charge in [-0.2, -0.15) is 8.62 Å². The van der Waals surface area contributed by atoms with Gasteiger partial charge in [-0.1, -0.05) is 6.92 Å². The molecule has 0 rings (SSSR count). The maximum atomic E-state index is 11.1. The molecule has 0 saturated heterocycles. The lowest BCUT2D eigenvalue weighted by molar-refractivity contribution is 0.191. The van der Waals surface area contributed by atoms with Crippen LogP contribution in [-0.2, 0) is 35.7 Å². The van der Waals surface area contributed by atoms with E-state index in [1.165, 1.54) is 0 Å². The van der Waals surface area contributed by atoms with E-state index in [-0.39, 0.29) is 0 Å². The molecule has 0 amide bonds. The van der Waals surface area contributed by atoms with Gasteiger partial charge in [0.2, 0.25) is 0 Å². The first-order valence-electron chi connectivity index (χ1n) is 4.24. The highest BCUT2D eigenvalue weighted by Crippen LogP contribution is 2.71. The van der Waals surface area contributed by atoms with Crippen molar-refractivity contribution in [2.45, 2.75) is 6.92 Å². The lowest BCUT2D eigenvalue weighted by Gasteiger charge is -2.18. The summed E-state index contributed by atoms with van der Waals surface area (Å²) >= 11 is 0. The minimum Gasteiger partial charge on any atom is -0.324 e. The van der Waals surface area contributed by atoms with Crippen molar-refractivity contribution in [1.82, 2.24) is 0 Å². The van der Waals surface area contributed by atoms with E-state index in [1.54, 1.807) is 0 Å². The van der Waals surface area contributed by atoms with Gasteiger partial charge in [0, 0.05) is 13.3 Å². The maximum Gasteiger partial charge on any atom is 0.490 e. The van der Waals surface area contributed by atoms with E-state index in [4.69, 9.17) is 19.6 Å². The molecule has 116 valence electrons. The molecule has 0 bridgehead atoms. The minimum atomic E-state index is -5.56. The molecule has 0 aliphatic rings. The van der Waals surface area contributed by atoms with Gasteiger partial charge in [-0.05, 0) is 0 Å². The lowest BCUT2D eigenvalue weighted by atomic mass is 11.0. The van der Waals surface area contributed by atoms with Crippen molar-refractivity contribution in [3.8, 4) is 0 Å². The highest BCUT2D eigenvalue weighted by Gasteiger charge is 2.44.